The summed E-state index contributed by atoms with van der Waals surface area (Å²) in [6, 6.07) is 0.749. The van der Waals surface area contributed by atoms with E-state index in [0.29, 0.717) is 18.3 Å². The van der Waals surface area contributed by atoms with Crippen LogP contribution >= 0.6 is 0 Å². The van der Waals surface area contributed by atoms with Crippen LogP contribution in [-0.4, -0.2) is 40.9 Å². The van der Waals surface area contributed by atoms with E-state index in [1.165, 1.54) is 19.3 Å². The molecule has 0 aliphatic carbocycles. The molecule has 2 rings (SSSR count). The van der Waals surface area contributed by atoms with Gasteiger partial charge in [0, 0.05) is 6.04 Å². The van der Waals surface area contributed by atoms with Gasteiger partial charge in [0.05, 0.1) is 11.7 Å². The summed E-state index contributed by atoms with van der Waals surface area (Å²) >= 11 is 0. The fourth-order valence-corrected chi connectivity index (χ4v) is 2.56. The molecule has 1 aromatic heterocycles. The van der Waals surface area contributed by atoms with Gasteiger partial charge in [0.15, 0.2) is 0 Å². The molecule has 0 spiro atoms. The first-order chi connectivity index (χ1) is 9.00. The molecule has 1 saturated heterocycles. The number of piperidine rings is 1. The zero-order valence-electron chi connectivity index (χ0n) is 12.5. The fourth-order valence-electron chi connectivity index (χ4n) is 2.56. The highest BCUT2D eigenvalue weighted by Gasteiger charge is 2.22. The number of nitrogens with zero attached hydrogens (tertiary/aromatic N) is 3. The number of likely N-dealkylation sites (tertiary alicyclic amines) is 1. The summed E-state index contributed by atoms with van der Waals surface area (Å²) in [5.74, 6) is 0.728. The van der Waals surface area contributed by atoms with Crippen molar-refractivity contribution in [1.82, 2.24) is 14.7 Å². The highest BCUT2D eigenvalue weighted by Crippen LogP contribution is 2.28. The van der Waals surface area contributed by atoms with Gasteiger partial charge in [-0.1, -0.05) is 6.42 Å². The molecule has 1 unspecified atom stereocenters. The number of rotatable bonds is 4. The molecular weight excluding hydrogens is 240 g/mol. The second-order valence-electron chi connectivity index (χ2n) is 5.78. The van der Waals surface area contributed by atoms with Gasteiger partial charge in [-0.05, 0) is 47.2 Å². The van der Waals surface area contributed by atoms with Crippen molar-refractivity contribution in [3.05, 3.63) is 5.69 Å². The summed E-state index contributed by atoms with van der Waals surface area (Å²) in [6.07, 6.45) is 3.78. The van der Waals surface area contributed by atoms with E-state index in [-0.39, 0.29) is 6.04 Å². The van der Waals surface area contributed by atoms with Crippen LogP contribution in [0.3, 0.4) is 0 Å². The summed E-state index contributed by atoms with van der Waals surface area (Å²) in [6.45, 7) is 7.95. The third kappa shape index (κ3) is 3.03. The third-order valence-corrected chi connectivity index (χ3v) is 3.91. The van der Waals surface area contributed by atoms with Crippen molar-refractivity contribution in [2.75, 3.05) is 25.9 Å². The lowest BCUT2D eigenvalue weighted by atomic mass is 10.0. The maximum Gasteiger partial charge on any atom is 0.236 e. The van der Waals surface area contributed by atoms with Crippen LogP contribution in [0.5, 0.6) is 5.88 Å². The molecule has 0 saturated carbocycles. The smallest absolute Gasteiger partial charge is 0.236 e. The van der Waals surface area contributed by atoms with E-state index in [0.717, 1.165) is 18.1 Å². The molecular formula is C14H26N4O. The molecule has 5 nitrogen and oxygen atoms in total. The molecule has 0 amide bonds. The lowest BCUT2D eigenvalue weighted by molar-refractivity contribution is 0.119. The Labute approximate surface area is 115 Å². The Bertz CT molecular complexity index is 427. The zero-order chi connectivity index (χ0) is 14.0. The van der Waals surface area contributed by atoms with Gasteiger partial charge in [-0.15, -0.1) is 0 Å². The molecule has 2 N–H and O–H groups in total. The quantitative estimate of drug-likeness (QED) is 0.908. The van der Waals surface area contributed by atoms with Crippen LogP contribution in [0.4, 0.5) is 5.69 Å². The predicted octanol–water partition coefficient (Wildman–Crippen LogP) is 2.22. The van der Waals surface area contributed by atoms with Crippen LogP contribution in [0.25, 0.3) is 0 Å². The molecule has 0 aromatic carbocycles. The Morgan fingerprint density at radius 2 is 2.16 bits per heavy atom. The first-order valence-corrected chi connectivity index (χ1v) is 7.18. The maximum atomic E-state index is 6.07. The Hall–Kier alpha value is -1.23. The molecule has 0 radical (unpaired) electrons. The van der Waals surface area contributed by atoms with Gasteiger partial charge >= 0.3 is 0 Å². The average molecular weight is 266 g/mol. The SMILES string of the molecule is Cc1nn(C(C)C)c(OCC2CCCCN2C)c1N. The number of hydrogen-bond acceptors (Lipinski definition) is 4. The van der Waals surface area contributed by atoms with E-state index in [1.54, 1.807) is 0 Å². The standard InChI is InChI=1S/C14H26N4O/c1-10(2)18-14(13(15)11(3)16-18)19-9-12-7-5-6-8-17(12)4/h10,12H,5-9,15H2,1-4H3. The Morgan fingerprint density at radius 1 is 1.42 bits per heavy atom. The van der Waals surface area contributed by atoms with Crippen molar-refractivity contribution in [2.24, 2.45) is 0 Å². The van der Waals surface area contributed by atoms with Gasteiger partial charge in [0.1, 0.15) is 12.3 Å². The van der Waals surface area contributed by atoms with Crippen LogP contribution in [0, 0.1) is 6.92 Å². The van der Waals surface area contributed by atoms with E-state index >= 15 is 0 Å². The number of nitrogens with two attached hydrogens (primary N) is 1. The number of aromatic nitrogens is 2. The summed E-state index contributed by atoms with van der Waals surface area (Å²) in [5, 5.41) is 4.45. The van der Waals surface area contributed by atoms with E-state index in [1.807, 2.05) is 11.6 Å². The van der Waals surface area contributed by atoms with Gasteiger partial charge in [-0.2, -0.15) is 5.10 Å². The minimum Gasteiger partial charge on any atom is -0.475 e. The summed E-state index contributed by atoms with van der Waals surface area (Å²) in [5.41, 5.74) is 7.59. The van der Waals surface area contributed by atoms with Crippen molar-refractivity contribution in [3.8, 4) is 5.88 Å². The average Bonchev–Trinajstić information content (AvgIpc) is 2.65. The minimum absolute atomic E-state index is 0.259. The van der Waals surface area contributed by atoms with Gasteiger partial charge in [0.25, 0.3) is 0 Å². The predicted molar refractivity (Wildman–Crippen MR) is 77.5 cm³/mol. The largest absolute Gasteiger partial charge is 0.475 e. The van der Waals surface area contributed by atoms with Crippen molar-refractivity contribution >= 4 is 5.69 Å². The van der Waals surface area contributed by atoms with E-state index < -0.39 is 0 Å². The molecule has 1 atom stereocenters. The summed E-state index contributed by atoms with van der Waals surface area (Å²) < 4.78 is 7.88. The van der Waals surface area contributed by atoms with E-state index in [2.05, 4.69) is 30.9 Å². The molecule has 1 aliphatic rings. The van der Waals surface area contributed by atoms with Crippen LogP contribution in [0.2, 0.25) is 0 Å². The lowest BCUT2D eigenvalue weighted by Crippen LogP contribution is -2.40. The van der Waals surface area contributed by atoms with Crippen molar-refractivity contribution in [2.45, 2.75) is 52.1 Å². The monoisotopic (exact) mass is 266 g/mol. The van der Waals surface area contributed by atoms with Crippen molar-refractivity contribution in [3.63, 3.8) is 0 Å². The minimum atomic E-state index is 0.259. The molecule has 19 heavy (non-hydrogen) atoms. The van der Waals surface area contributed by atoms with Crippen LogP contribution in [-0.2, 0) is 0 Å². The second-order valence-corrected chi connectivity index (χ2v) is 5.78. The number of likely N-dealkylation sites (N-methyl/N-ethyl adjacent to an activating group) is 1. The first kappa shape index (κ1) is 14.2. The van der Waals surface area contributed by atoms with Gasteiger partial charge < -0.3 is 15.4 Å². The normalized spacial score (nSPS) is 21.0. The summed E-state index contributed by atoms with van der Waals surface area (Å²) in [4.78, 5) is 2.38. The van der Waals surface area contributed by atoms with Gasteiger partial charge in [-0.25, -0.2) is 4.68 Å². The second kappa shape index (κ2) is 5.82. The molecule has 1 fully saturated rings. The fraction of sp³-hybridized carbons (Fsp3) is 0.786. The highest BCUT2D eigenvalue weighted by molar-refractivity contribution is 5.52. The molecule has 5 heteroatoms. The number of ether oxygens (including phenoxy) is 1. The van der Waals surface area contributed by atoms with Crippen molar-refractivity contribution in [1.29, 1.82) is 0 Å². The molecule has 108 valence electrons. The Morgan fingerprint density at radius 3 is 2.79 bits per heavy atom. The van der Waals surface area contributed by atoms with Crippen LogP contribution in [0.15, 0.2) is 0 Å². The summed E-state index contributed by atoms with van der Waals surface area (Å²) in [7, 11) is 2.17. The third-order valence-electron chi connectivity index (χ3n) is 3.91. The van der Waals surface area contributed by atoms with E-state index in [4.69, 9.17) is 10.5 Å². The Balaban J connectivity index is 2.06. The number of nitrogen functional groups attached to an aromatic ring is 1. The number of aryl methyl sites for hydroxylation is 1. The molecule has 0 bridgehead atoms. The van der Waals surface area contributed by atoms with Crippen LogP contribution in [0.1, 0.15) is 44.8 Å². The van der Waals surface area contributed by atoms with Crippen LogP contribution < -0.4 is 10.5 Å². The zero-order valence-corrected chi connectivity index (χ0v) is 12.5. The van der Waals surface area contributed by atoms with E-state index in [9.17, 15) is 0 Å². The lowest BCUT2D eigenvalue weighted by Gasteiger charge is -2.32. The molecule has 2 heterocycles. The molecule has 1 aliphatic heterocycles. The van der Waals surface area contributed by atoms with Crippen molar-refractivity contribution < 1.29 is 4.74 Å². The molecule has 1 aromatic rings. The number of anilines is 1. The Kier molecular flexibility index (Phi) is 4.34. The maximum absolute atomic E-state index is 6.07. The first-order valence-electron chi connectivity index (χ1n) is 7.18. The topological polar surface area (TPSA) is 56.3 Å². The highest BCUT2D eigenvalue weighted by atomic mass is 16.5. The van der Waals surface area contributed by atoms with Gasteiger partial charge in [-0.3, -0.25) is 0 Å². The van der Waals surface area contributed by atoms with Gasteiger partial charge in [0.2, 0.25) is 5.88 Å². The number of hydrogen-bond donors (Lipinski definition) is 1.